The number of nitrogens with zero attached hydrogens (tertiary/aromatic N) is 4. The Morgan fingerprint density at radius 1 is 0.411 bits per heavy atom. The van der Waals surface area contributed by atoms with Gasteiger partial charge in [0.25, 0.3) is 0 Å². The minimum atomic E-state index is -0.114. The van der Waals surface area contributed by atoms with Crippen LogP contribution in [0.25, 0.3) is 104 Å². The van der Waals surface area contributed by atoms with Crippen molar-refractivity contribution in [3.05, 3.63) is 194 Å². The number of hydrogen-bond acceptors (Lipinski definition) is 4. The molecule has 11 rings (SSSR count). The molecular formula is C51H32N4S. The SMILES string of the molecule is [2H]c1ccc2c(c1[2H])c1c([2H])c([2H])cc([2H])c1n2-c1ccccc1-c1nc(-c2ccccc2)nc(-c2cccc(-c3cccc4c3sc3ccc(-c5ccccc5)cc34)c2)n1. The molecule has 4 nitrogen and oxygen atoms in total. The minimum absolute atomic E-state index is 0.00113. The summed E-state index contributed by atoms with van der Waals surface area (Å²) in [5.41, 5.74) is 8.36. The molecule has 5 heteroatoms. The van der Waals surface area contributed by atoms with Gasteiger partial charge in [-0.3, -0.25) is 0 Å². The lowest BCUT2D eigenvalue weighted by Gasteiger charge is -2.14. The molecule has 3 aromatic heterocycles. The van der Waals surface area contributed by atoms with Gasteiger partial charge in [-0.2, -0.15) is 0 Å². The highest BCUT2D eigenvalue weighted by Crippen LogP contribution is 2.42. The van der Waals surface area contributed by atoms with Crippen molar-refractivity contribution in [1.82, 2.24) is 19.5 Å². The van der Waals surface area contributed by atoms with Crippen LogP contribution in [-0.4, -0.2) is 19.5 Å². The van der Waals surface area contributed by atoms with E-state index in [0.717, 1.165) is 22.3 Å². The molecule has 0 aliphatic rings. The van der Waals surface area contributed by atoms with Gasteiger partial charge in [0.05, 0.1) is 23.6 Å². The molecule has 0 saturated heterocycles. The fourth-order valence-corrected chi connectivity index (χ4v) is 8.91. The first kappa shape index (κ1) is 27.4. The van der Waals surface area contributed by atoms with Gasteiger partial charge < -0.3 is 4.57 Å². The molecule has 0 spiro atoms. The van der Waals surface area contributed by atoms with E-state index in [1.54, 1.807) is 23.5 Å². The van der Waals surface area contributed by atoms with Crippen LogP contribution in [0.4, 0.5) is 0 Å². The fourth-order valence-electron chi connectivity index (χ4n) is 7.69. The number of benzene rings is 8. The smallest absolute Gasteiger partial charge is 0.166 e. The van der Waals surface area contributed by atoms with E-state index in [0.29, 0.717) is 50.5 Å². The van der Waals surface area contributed by atoms with Crippen LogP contribution >= 0.6 is 11.3 Å². The molecule has 0 N–H and O–H groups in total. The van der Waals surface area contributed by atoms with Gasteiger partial charge in [0, 0.05) is 47.6 Å². The van der Waals surface area contributed by atoms with Crippen molar-refractivity contribution < 1.29 is 6.85 Å². The zero-order valence-corrected chi connectivity index (χ0v) is 30.6. The molecule has 0 aliphatic carbocycles. The maximum atomic E-state index is 9.06. The van der Waals surface area contributed by atoms with Crippen LogP contribution in [0.3, 0.4) is 0 Å². The van der Waals surface area contributed by atoms with E-state index in [1.165, 1.54) is 37.4 Å². The lowest BCUT2D eigenvalue weighted by atomic mass is 9.99. The normalized spacial score (nSPS) is 12.8. The Morgan fingerprint density at radius 2 is 1.07 bits per heavy atom. The highest BCUT2D eigenvalue weighted by molar-refractivity contribution is 7.26. The second-order valence-corrected chi connectivity index (χ2v) is 14.7. The molecule has 0 amide bonds. The summed E-state index contributed by atoms with van der Waals surface area (Å²) in [6.07, 6.45) is 0. The van der Waals surface area contributed by atoms with Crippen LogP contribution in [0, 0.1) is 0 Å². The Morgan fingerprint density at radius 3 is 1.93 bits per heavy atom. The largest absolute Gasteiger partial charge is 0.309 e. The summed E-state index contributed by atoms with van der Waals surface area (Å²) in [7, 11) is 0. The molecule has 0 radical (unpaired) electrons. The first-order valence-electron chi connectivity index (χ1n) is 20.9. The molecule has 3 heterocycles. The summed E-state index contributed by atoms with van der Waals surface area (Å²) < 4.78 is 48.1. The Bertz CT molecular complexity index is 3550. The number of aromatic nitrogens is 4. The monoisotopic (exact) mass is 737 g/mol. The quantitative estimate of drug-likeness (QED) is 0.171. The van der Waals surface area contributed by atoms with Crippen molar-refractivity contribution in [1.29, 1.82) is 0 Å². The van der Waals surface area contributed by atoms with E-state index in [1.807, 2.05) is 77.4 Å². The number of para-hydroxylation sites is 3. The summed E-state index contributed by atoms with van der Waals surface area (Å²) in [4.78, 5) is 15.3. The predicted octanol–water partition coefficient (Wildman–Crippen LogP) is 13.7. The Hall–Kier alpha value is -7.21. The summed E-state index contributed by atoms with van der Waals surface area (Å²) in [6.45, 7) is 0. The number of hydrogen-bond donors (Lipinski definition) is 0. The zero-order valence-electron chi connectivity index (χ0n) is 34.8. The van der Waals surface area contributed by atoms with Crippen LogP contribution in [0.15, 0.2) is 194 Å². The Kier molecular flexibility index (Phi) is 6.49. The molecule has 56 heavy (non-hydrogen) atoms. The average molecular weight is 738 g/mol. The minimum Gasteiger partial charge on any atom is -0.309 e. The van der Waals surface area contributed by atoms with Crippen LogP contribution in [-0.2, 0) is 0 Å². The third-order valence-corrected chi connectivity index (χ3v) is 11.5. The van der Waals surface area contributed by atoms with Crippen molar-refractivity contribution in [2.45, 2.75) is 0 Å². The molecule has 11 aromatic rings. The highest BCUT2D eigenvalue weighted by Gasteiger charge is 2.19. The van der Waals surface area contributed by atoms with Gasteiger partial charge in [-0.25, -0.2) is 15.0 Å². The van der Waals surface area contributed by atoms with E-state index in [-0.39, 0.29) is 30.2 Å². The summed E-state index contributed by atoms with van der Waals surface area (Å²) >= 11 is 1.79. The van der Waals surface area contributed by atoms with Gasteiger partial charge in [-0.1, -0.05) is 152 Å². The van der Waals surface area contributed by atoms with E-state index in [2.05, 4.69) is 72.8 Å². The molecule has 8 aromatic carbocycles. The van der Waals surface area contributed by atoms with Crippen LogP contribution in [0.2, 0.25) is 0 Å². The fraction of sp³-hybridized carbons (Fsp3) is 0. The van der Waals surface area contributed by atoms with Crippen molar-refractivity contribution in [3.63, 3.8) is 0 Å². The van der Waals surface area contributed by atoms with E-state index in [9.17, 15) is 0 Å². The molecule has 0 unspecified atom stereocenters. The van der Waals surface area contributed by atoms with Crippen molar-refractivity contribution in [2.24, 2.45) is 0 Å². The van der Waals surface area contributed by atoms with Gasteiger partial charge in [0.2, 0.25) is 0 Å². The molecule has 262 valence electrons. The van der Waals surface area contributed by atoms with Crippen molar-refractivity contribution >= 4 is 53.3 Å². The molecule has 0 fully saturated rings. The summed E-state index contributed by atoms with van der Waals surface area (Å²) in [5.74, 6) is 1.38. The second-order valence-electron chi connectivity index (χ2n) is 13.6. The van der Waals surface area contributed by atoms with Crippen molar-refractivity contribution in [2.75, 3.05) is 0 Å². The lowest BCUT2D eigenvalue weighted by Crippen LogP contribution is -2.03. The average Bonchev–Trinajstić information content (AvgIpc) is 3.87. The topological polar surface area (TPSA) is 43.6 Å². The van der Waals surface area contributed by atoms with Crippen LogP contribution in [0.1, 0.15) is 6.85 Å². The summed E-state index contributed by atoms with van der Waals surface area (Å²) in [5, 5.41) is 3.09. The molecule has 0 aliphatic heterocycles. The van der Waals surface area contributed by atoms with Gasteiger partial charge in [0.1, 0.15) is 0 Å². The van der Waals surface area contributed by atoms with E-state index in [4.69, 9.17) is 21.8 Å². The summed E-state index contributed by atoms with van der Waals surface area (Å²) in [6, 6.07) is 53.8. The first-order chi connectivity index (χ1) is 29.8. The zero-order chi connectivity index (χ0) is 41.4. The van der Waals surface area contributed by atoms with Gasteiger partial charge in [-0.15, -0.1) is 11.3 Å². The molecular weight excluding hydrogens is 701 g/mol. The highest BCUT2D eigenvalue weighted by atomic mass is 32.1. The maximum Gasteiger partial charge on any atom is 0.166 e. The Labute approximate surface area is 334 Å². The third-order valence-electron chi connectivity index (χ3n) is 10.3. The predicted molar refractivity (Wildman–Crippen MR) is 234 cm³/mol. The van der Waals surface area contributed by atoms with Crippen LogP contribution < -0.4 is 0 Å². The number of rotatable bonds is 6. The van der Waals surface area contributed by atoms with Gasteiger partial charge >= 0.3 is 0 Å². The number of fused-ring (bicyclic) bond motifs is 6. The molecule has 0 atom stereocenters. The first-order valence-corrected chi connectivity index (χ1v) is 19.2. The molecule has 0 bridgehead atoms. The number of thiophene rings is 1. The Balaban J connectivity index is 1.10. The standard InChI is InChI=1S/C51H32N4S/c1-3-15-33(16-4-1)35-29-30-47-43(32-35)41-25-14-24-38(48(41)56-47)36-19-13-20-37(31-36)50-52-49(34-17-5-2-6-18-34)53-51(54-50)42-23-9-12-28-46(42)55-44-26-10-7-21-39(44)40-22-8-11-27-45(40)55/h1-32H/i7D,8D,21D,22D,26D. The maximum absolute atomic E-state index is 9.06. The van der Waals surface area contributed by atoms with Crippen molar-refractivity contribution in [3.8, 4) is 62.1 Å². The van der Waals surface area contributed by atoms with Gasteiger partial charge in [0.15, 0.2) is 17.5 Å². The van der Waals surface area contributed by atoms with E-state index < -0.39 is 0 Å². The van der Waals surface area contributed by atoms with Crippen LogP contribution in [0.5, 0.6) is 0 Å². The van der Waals surface area contributed by atoms with Gasteiger partial charge in [-0.05, 0) is 64.7 Å². The second kappa shape index (κ2) is 13.3. The molecule has 0 saturated carbocycles. The van der Waals surface area contributed by atoms with E-state index >= 15 is 0 Å². The third kappa shape index (κ3) is 5.40. The lowest BCUT2D eigenvalue weighted by molar-refractivity contribution is 1.06.